The molecule has 0 bridgehead atoms. The van der Waals surface area contributed by atoms with Gasteiger partial charge in [0, 0.05) is 35.5 Å². The van der Waals surface area contributed by atoms with Crippen molar-refractivity contribution >= 4 is 35.7 Å². The molecule has 0 aliphatic rings. The fourth-order valence-corrected chi connectivity index (χ4v) is 3.21. The Hall–Kier alpha value is -4.79. The van der Waals surface area contributed by atoms with Crippen molar-refractivity contribution in [3.63, 3.8) is 0 Å². The van der Waals surface area contributed by atoms with Crippen molar-refractivity contribution in [2.24, 2.45) is 9.98 Å². The van der Waals surface area contributed by atoms with Crippen molar-refractivity contribution < 1.29 is 99.5 Å². The number of alkyl halides is 12. The molecule has 2 N–H and O–H groups in total. The van der Waals surface area contributed by atoms with E-state index in [1.165, 1.54) is 18.2 Å². The van der Waals surface area contributed by atoms with E-state index in [-0.39, 0.29) is 52.4 Å². The van der Waals surface area contributed by atoms with Crippen LogP contribution in [-0.4, -0.2) is 34.6 Å². The Morgan fingerprint density at radius 3 is 1.12 bits per heavy atom. The van der Waals surface area contributed by atoms with E-state index in [1.807, 2.05) is 0 Å². The minimum absolute atomic E-state index is 0. The van der Waals surface area contributed by atoms with Gasteiger partial charge in [-0.05, 0) is 56.3 Å². The first-order valence-electron chi connectivity index (χ1n) is 12.2. The normalized spacial score (nSPS) is 12.0. The Kier molecular flexibility index (Phi) is 15.4. The van der Waals surface area contributed by atoms with Crippen LogP contribution in [-0.2, 0) is 51.1 Å². The van der Waals surface area contributed by atoms with E-state index >= 15 is 0 Å². The van der Waals surface area contributed by atoms with Gasteiger partial charge in [-0.3, -0.25) is 9.98 Å². The standard InChI is InChI=1S/C24H12F12N2O2.2C2H4O2.Co/c25-21(26,27)13-4-11(19(39)17(6-13)23(31,32)33)9-37-15-2-1-3-16(8-15)38-10-12-5-14(22(28,29)30)7-18(20(12)40)24(34,35)36;2*1-2(3)4;/h1-10,39-40H;2*1H3,(H,3,4);/q;;;+2/p-2. The zero-order valence-corrected chi connectivity index (χ0v) is 25.1. The topological polar surface area (TPSA) is 145 Å². The summed E-state index contributed by atoms with van der Waals surface area (Å²) >= 11 is 0. The van der Waals surface area contributed by atoms with Crippen molar-refractivity contribution in [1.29, 1.82) is 0 Å². The molecule has 0 atom stereocenters. The van der Waals surface area contributed by atoms with Gasteiger partial charge in [-0.2, -0.15) is 52.7 Å². The number of halogens is 12. The first-order chi connectivity index (χ1) is 21.6. The van der Waals surface area contributed by atoms with Crippen LogP contribution in [0.3, 0.4) is 0 Å². The van der Waals surface area contributed by atoms with Crippen LogP contribution in [0.1, 0.15) is 47.2 Å². The molecule has 8 nitrogen and oxygen atoms in total. The Balaban J connectivity index is 0.00000230. The third-order valence-corrected chi connectivity index (χ3v) is 5.08. The Morgan fingerprint density at radius 1 is 0.592 bits per heavy atom. The maximum Gasteiger partial charge on any atom is 2.00 e. The summed E-state index contributed by atoms with van der Waals surface area (Å²) in [5.41, 5.74) is -9.68. The van der Waals surface area contributed by atoms with Gasteiger partial charge in [-0.25, -0.2) is 0 Å². The summed E-state index contributed by atoms with van der Waals surface area (Å²) in [4.78, 5) is 25.1. The molecule has 0 aliphatic heterocycles. The van der Waals surface area contributed by atoms with E-state index in [9.17, 15) is 62.9 Å². The van der Waals surface area contributed by atoms with Gasteiger partial charge in [-0.1, -0.05) is 6.07 Å². The average Bonchev–Trinajstić information content (AvgIpc) is 2.89. The number of carbonyl (C=O) groups excluding carboxylic acids is 2. The summed E-state index contributed by atoms with van der Waals surface area (Å²) in [6.07, 6.45) is -20.1. The summed E-state index contributed by atoms with van der Waals surface area (Å²) in [6, 6.07) is 4.42. The van der Waals surface area contributed by atoms with E-state index in [2.05, 4.69) is 9.98 Å². The third-order valence-electron chi connectivity index (χ3n) is 5.08. The van der Waals surface area contributed by atoms with Gasteiger partial charge in [0.1, 0.15) is 11.5 Å². The van der Waals surface area contributed by atoms with Gasteiger partial charge in [0.25, 0.3) is 0 Å². The van der Waals surface area contributed by atoms with Gasteiger partial charge < -0.3 is 30.0 Å². The maximum atomic E-state index is 13.1. The molecule has 21 heteroatoms. The number of aromatic hydroxyl groups is 2. The molecule has 3 aromatic rings. The molecule has 0 heterocycles. The van der Waals surface area contributed by atoms with Crippen molar-refractivity contribution in [3.8, 4) is 11.5 Å². The minimum Gasteiger partial charge on any atom is -0.550 e. The van der Waals surface area contributed by atoms with Gasteiger partial charge >= 0.3 is 41.5 Å². The zero-order valence-electron chi connectivity index (χ0n) is 24.1. The van der Waals surface area contributed by atoms with Gasteiger partial charge in [0.2, 0.25) is 0 Å². The molecule has 0 unspecified atom stereocenters. The number of hydrogen-bond acceptors (Lipinski definition) is 8. The van der Waals surface area contributed by atoms with Crippen molar-refractivity contribution in [3.05, 3.63) is 81.9 Å². The largest absolute Gasteiger partial charge is 2.00 e. The summed E-state index contributed by atoms with van der Waals surface area (Å²) in [6.45, 7) is 1.94. The number of aliphatic imine (C=N–C) groups is 2. The van der Waals surface area contributed by atoms with Crippen molar-refractivity contribution in [1.82, 2.24) is 0 Å². The smallest absolute Gasteiger partial charge is 0.550 e. The fraction of sp³-hybridized carbons (Fsp3) is 0.214. The van der Waals surface area contributed by atoms with Crippen molar-refractivity contribution in [2.75, 3.05) is 0 Å². The fourth-order valence-electron chi connectivity index (χ4n) is 3.21. The first-order valence-corrected chi connectivity index (χ1v) is 12.2. The number of rotatable bonds is 4. The molecule has 0 aromatic heterocycles. The molecule has 0 saturated heterocycles. The van der Waals surface area contributed by atoms with Crippen molar-refractivity contribution in [2.45, 2.75) is 38.6 Å². The minimum atomic E-state index is -5.34. The van der Waals surface area contributed by atoms with Crippen LogP contribution in [0.25, 0.3) is 0 Å². The van der Waals surface area contributed by atoms with Gasteiger partial charge in [0.15, 0.2) is 0 Å². The number of carbonyl (C=O) groups is 2. The summed E-state index contributed by atoms with van der Waals surface area (Å²) < 4.78 is 157. The van der Waals surface area contributed by atoms with Crippen LogP contribution in [0, 0.1) is 0 Å². The number of aliphatic carboxylic acids is 2. The second-order valence-corrected chi connectivity index (χ2v) is 8.93. The van der Waals surface area contributed by atoms with E-state index in [4.69, 9.17) is 19.8 Å². The number of phenolic OH excluding ortho intramolecular Hbond substituents is 2. The molecule has 3 rings (SSSR count). The third kappa shape index (κ3) is 14.5. The number of carboxylic acids is 2. The van der Waals surface area contributed by atoms with E-state index in [1.54, 1.807) is 0 Å². The summed E-state index contributed by atoms with van der Waals surface area (Å²) in [5, 5.41) is 37.5. The summed E-state index contributed by atoms with van der Waals surface area (Å²) in [5.74, 6) is -5.25. The van der Waals surface area contributed by atoms with Gasteiger partial charge in [-0.15, -0.1) is 0 Å². The molecule has 0 fully saturated rings. The number of benzene rings is 3. The van der Waals surface area contributed by atoms with Crippen LogP contribution < -0.4 is 10.2 Å². The predicted octanol–water partition coefficient (Wildman–Crippen LogP) is 6.18. The molecule has 1 radical (unpaired) electrons. The molecule has 0 saturated carbocycles. The van der Waals surface area contributed by atoms with Crippen LogP contribution in [0.15, 0.2) is 58.5 Å². The van der Waals surface area contributed by atoms with E-state index in [0.717, 1.165) is 19.9 Å². The molecule has 0 spiro atoms. The molecule has 49 heavy (non-hydrogen) atoms. The number of phenols is 2. The molecule has 0 aliphatic carbocycles. The van der Waals surface area contributed by atoms with Crippen LogP contribution in [0.4, 0.5) is 64.1 Å². The first kappa shape index (κ1) is 44.2. The SMILES string of the molecule is CC(=O)[O-].CC(=O)[O-].Oc1c(C=Nc2cccc(N=Cc3cc(C(F)(F)F)cc(C(F)(F)F)c3O)c2)cc(C(F)(F)F)cc1C(F)(F)F.[Co+2]. The second kappa shape index (κ2) is 17.0. The molecular weight excluding hydrogens is 747 g/mol. The summed E-state index contributed by atoms with van der Waals surface area (Å²) in [7, 11) is 0. The number of nitrogens with zero attached hydrogens (tertiary/aromatic N) is 2. The Labute approximate surface area is 277 Å². The van der Waals surface area contributed by atoms with E-state index in [0.29, 0.717) is 12.4 Å². The monoisotopic (exact) mass is 765 g/mol. The van der Waals surface area contributed by atoms with Crippen LogP contribution in [0.2, 0.25) is 0 Å². The molecule has 269 valence electrons. The van der Waals surface area contributed by atoms with E-state index < -0.39 is 81.5 Å². The Morgan fingerprint density at radius 2 is 0.878 bits per heavy atom. The molecule has 3 aromatic carbocycles. The Bertz CT molecular complexity index is 1560. The predicted molar refractivity (Wildman–Crippen MR) is 139 cm³/mol. The van der Waals surface area contributed by atoms with Gasteiger partial charge in [0.05, 0.1) is 33.6 Å². The zero-order chi connectivity index (χ0) is 37.4. The number of carboxylic acid groups (broad SMARTS) is 2. The van der Waals surface area contributed by atoms with Crippen LogP contribution in [0.5, 0.6) is 11.5 Å². The quantitative estimate of drug-likeness (QED) is 0.240. The molecular formula is C28H18CoF12N2O6. The average molecular weight is 765 g/mol. The maximum absolute atomic E-state index is 13.1. The molecule has 0 amide bonds. The second-order valence-electron chi connectivity index (χ2n) is 8.93. The number of hydrogen-bond donors (Lipinski definition) is 2. The van der Waals surface area contributed by atoms with Crippen LogP contribution >= 0.6 is 0 Å².